The molecule has 0 spiro atoms. The third-order valence-electron chi connectivity index (χ3n) is 2.70. The van der Waals surface area contributed by atoms with E-state index in [0.717, 1.165) is 16.9 Å². The predicted octanol–water partition coefficient (Wildman–Crippen LogP) is 5.93. The minimum absolute atomic E-state index is 0.709. The van der Waals surface area contributed by atoms with Gasteiger partial charge in [-0.1, -0.05) is 65.4 Å². The maximum absolute atomic E-state index is 5.64. The average Bonchev–Trinajstić information content (AvgIpc) is 2.94. The van der Waals surface area contributed by atoms with E-state index in [1.165, 1.54) is 5.56 Å². The summed E-state index contributed by atoms with van der Waals surface area (Å²) in [5, 5.41) is 0.709. The molecule has 0 aliphatic rings. The standard InChI is InChI=1S/C16H13NOS3/c1-2-7-13(8-3-1)9-6-12-19-21-20-16-17-14-10-4-5-11-15(14)18-16/h1-11H,12H2. The molecular weight excluding hydrogens is 318 g/mol. The first-order chi connectivity index (χ1) is 10.4. The number of benzene rings is 2. The Hall–Kier alpha value is -1.30. The molecule has 2 aromatic carbocycles. The van der Waals surface area contributed by atoms with Crippen LogP contribution in [0.15, 0.2) is 70.3 Å². The molecular formula is C16H13NOS3. The molecule has 21 heavy (non-hydrogen) atoms. The summed E-state index contributed by atoms with van der Waals surface area (Å²) >= 11 is 0. The first-order valence-electron chi connectivity index (χ1n) is 6.45. The molecule has 0 aliphatic carbocycles. The summed E-state index contributed by atoms with van der Waals surface area (Å²) < 4.78 is 5.64. The van der Waals surface area contributed by atoms with E-state index < -0.39 is 0 Å². The molecule has 0 bridgehead atoms. The molecule has 2 nitrogen and oxygen atoms in total. The SMILES string of the molecule is C(=Cc1ccccc1)CSSSc1nc2ccccc2o1. The average molecular weight is 331 g/mol. The molecule has 0 amide bonds. The number of para-hydroxylation sites is 2. The van der Waals surface area contributed by atoms with Crippen molar-refractivity contribution < 1.29 is 4.42 Å². The molecule has 0 saturated heterocycles. The molecule has 0 N–H and O–H groups in total. The van der Waals surface area contributed by atoms with Crippen LogP contribution in [0.25, 0.3) is 17.2 Å². The van der Waals surface area contributed by atoms with Crippen molar-refractivity contribution in [1.82, 2.24) is 4.98 Å². The topological polar surface area (TPSA) is 26.0 Å². The van der Waals surface area contributed by atoms with Crippen LogP contribution in [-0.2, 0) is 0 Å². The number of aromatic nitrogens is 1. The second kappa shape index (κ2) is 7.64. The second-order valence-corrected chi connectivity index (χ2v) is 8.26. The summed E-state index contributed by atoms with van der Waals surface area (Å²) in [5.74, 6) is 0.951. The maximum Gasteiger partial charge on any atom is 0.268 e. The van der Waals surface area contributed by atoms with Gasteiger partial charge in [-0.25, -0.2) is 4.98 Å². The van der Waals surface area contributed by atoms with Gasteiger partial charge in [0.1, 0.15) is 5.52 Å². The molecule has 1 aromatic heterocycles. The molecule has 0 radical (unpaired) electrons. The van der Waals surface area contributed by atoms with Crippen LogP contribution in [0.5, 0.6) is 0 Å². The van der Waals surface area contributed by atoms with E-state index in [-0.39, 0.29) is 0 Å². The van der Waals surface area contributed by atoms with E-state index in [1.807, 2.05) is 42.5 Å². The van der Waals surface area contributed by atoms with Gasteiger partial charge >= 0.3 is 0 Å². The Morgan fingerprint density at radius 3 is 2.67 bits per heavy atom. The van der Waals surface area contributed by atoms with E-state index in [2.05, 4.69) is 29.3 Å². The first-order valence-corrected chi connectivity index (χ1v) is 10.1. The Balaban J connectivity index is 1.43. The number of hydrogen-bond donors (Lipinski definition) is 0. The number of rotatable bonds is 6. The Morgan fingerprint density at radius 1 is 1.00 bits per heavy atom. The van der Waals surface area contributed by atoms with Gasteiger partial charge in [0.2, 0.25) is 0 Å². The highest BCUT2D eigenvalue weighted by molar-refractivity contribution is 9.09. The molecule has 0 aliphatic heterocycles. The molecule has 0 fully saturated rings. The molecule has 1 heterocycles. The molecule has 106 valence electrons. The molecule has 3 aromatic rings. The molecule has 5 heteroatoms. The summed E-state index contributed by atoms with van der Waals surface area (Å²) in [4.78, 5) is 4.42. The summed E-state index contributed by atoms with van der Waals surface area (Å²) in [5.41, 5.74) is 2.99. The van der Waals surface area contributed by atoms with Crippen LogP contribution in [0.4, 0.5) is 0 Å². The lowest BCUT2D eigenvalue weighted by atomic mass is 10.2. The summed E-state index contributed by atoms with van der Waals surface area (Å²) in [7, 11) is 5.01. The molecule has 0 unspecified atom stereocenters. The number of oxazole rings is 1. The smallest absolute Gasteiger partial charge is 0.268 e. The van der Waals surface area contributed by atoms with E-state index >= 15 is 0 Å². The van der Waals surface area contributed by atoms with E-state index in [0.29, 0.717) is 5.22 Å². The highest BCUT2D eigenvalue weighted by atomic mass is 33.5. The lowest BCUT2D eigenvalue weighted by molar-refractivity contribution is 0.491. The van der Waals surface area contributed by atoms with Crippen molar-refractivity contribution in [2.24, 2.45) is 0 Å². The second-order valence-electron chi connectivity index (χ2n) is 4.20. The summed E-state index contributed by atoms with van der Waals surface area (Å²) in [6.07, 6.45) is 4.30. The van der Waals surface area contributed by atoms with Gasteiger partial charge in [0, 0.05) is 16.5 Å². The number of fused-ring (bicyclic) bond motifs is 1. The van der Waals surface area contributed by atoms with Crippen molar-refractivity contribution >= 4 is 48.6 Å². The summed E-state index contributed by atoms with van der Waals surface area (Å²) in [6, 6.07) is 18.1. The van der Waals surface area contributed by atoms with Crippen LogP contribution in [0, 0.1) is 0 Å². The monoisotopic (exact) mass is 331 g/mol. The highest BCUT2D eigenvalue weighted by Gasteiger charge is 2.05. The Kier molecular flexibility index (Phi) is 5.32. The number of nitrogens with zero attached hydrogens (tertiary/aromatic N) is 1. The zero-order chi connectivity index (χ0) is 14.3. The van der Waals surface area contributed by atoms with Crippen molar-refractivity contribution in [2.75, 3.05) is 5.75 Å². The van der Waals surface area contributed by atoms with Crippen molar-refractivity contribution in [3.63, 3.8) is 0 Å². The van der Waals surface area contributed by atoms with Gasteiger partial charge in [0.15, 0.2) is 5.58 Å². The van der Waals surface area contributed by atoms with E-state index in [4.69, 9.17) is 4.42 Å². The minimum Gasteiger partial charge on any atom is -0.431 e. The van der Waals surface area contributed by atoms with Crippen molar-refractivity contribution in [3.05, 3.63) is 66.2 Å². The van der Waals surface area contributed by atoms with Gasteiger partial charge < -0.3 is 4.42 Å². The van der Waals surface area contributed by atoms with Crippen LogP contribution >= 0.6 is 31.4 Å². The largest absolute Gasteiger partial charge is 0.431 e. The van der Waals surface area contributed by atoms with Gasteiger partial charge in [-0.2, -0.15) is 0 Å². The highest BCUT2D eigenvalue weighted by Crippen LogP contribution is 2.40. The fourth-order valence-electron chi connectivity index (χ4n) is 1.76. The van der Waals surface area contributed by atoms with Gasteiger partial charge in [-0.3, -0.25) is 0 Å². The lowest BCUT2D eigenvalue weighted by Gasteiger charge is -1.94. The molecule has 3 rings (SSSR count). The van der Waals surface area contributed by atoms with Crippen LogP contribution in [-0.4, -0.2) is 10.7 Å². The quantitative estimate of drug-likeness (QED) is 0.412. The van der Waals surface area contributed by atoms with Gasteiger partial charge in [-0.15, -0.1) is 0 Å². The van der Waals surface area contributed by atoms with E-state index in [9.17, 15) is 0 Å². The van der Waals surface area contributed by atoms with Crippen LogP contribution in [0.2, 0.25) is 0 Å². The Morgan fingerprint density at radius 2 is 1.81 bits per heavy atom. The fraction of sp³-hybridized carbons (Fsp3) is 0.0625. The third-order valence-corrected chi connectivity index (χ3v) is 6.32. The molecule has 0 saturated carbocycles. The Bertz CT molecular complexity index is 691. The summed E-state index contributed by atoms with van der Waals surface area (Å²) in [6.45, 7) is 0. The van der Waals surface area contributed by atoms with Gasteiger partial charge in [0.05, 0.1) is 0 Å². The van der Waals surface area contributed by atoms with E-state index in [1.54, 1.807) is 31.4 Å². The molecule has 0 atom stereocenters. The maximum atomic E-state index is 5.64. The number of hydrogen-bond acceptors (Lipinski definition) is 5. The fourth-order valence-corrected chi connectivity index (χ4v) is 4.74. The van der Waals surface area contributed by atoms with Crippen LogP contribution in [0.1, 0.15) is 5.56 Å². The zero-order valence-corrected chi connectivity index (χ0v) is 13.6. The Labute approximate surface area is 135 Å². The lowest BCUT2D eigenvalue weighted by Crippen LogP contribution is -1.70. The van der Waals surface area contributed by atoms with Crippen LogP contribution in [0.3, 0.4) is 0 Å². The van der Waals surface area contributed by atoms with Crippen LogP contribution < -0.4 is 0 Å². The van der Waals surface area contributed by atoms with Gasteiger partial charge in [-0.05, 0) is 27.5 Å². The first kappa shape index (κ1) is 14.6. The minimum atomic E-state index is 0.709. The zero-order valence-electron chi connectivity index (χ0n) is 11.1. The third kappa shape index (κ3) is 4.33. The van der Waals surface area contributed by atoms with Gasteiger partial charge in [0.25, 0.3) is 5.22 Å². The normalized spacial score (nSPS) is 11.4. The van der Waals surface area contributed by atoms with Crippen molar-refractivity contribution in [1.29, 1.82) is 0 Å². The van der Waals surface area contributed by atoms with Crippen molar-refractivity contribution in [2.45, 2.75) is 5.22 Å². The van der Waals surface area contributed by atoms with Crippen molar-refractivity contribution in [3.8, 4) is 0 Å². The predicted molar refractivity (Wildman–Crippen MR) is 95.4 cm³/mol.